The van der Waals surface area contributed by atoms with Gasteiger partial charge in [-0.2, -0.15) is 9.61 Å². The molecule has 2 aromatic heterocycles. The van der Waals surface area contributed by atoms with E-state index in [1.165, 1.54) is 11.3 Å². The summed E-state index contributed by atoms with van der Waals surface area (Å²) in [7, 11) is 0. The van der Waals surface area contributed by atoms with Crippen LogP contribution in [0.1, 0.15) is 24.2 Å². The second-order valence-electron chi connectivity index (χ2n) is 6.19. The van der Waals surface area contributed by atoms with E-state index in [1.54, 1.807) is 35.1 Å². The van der Waals surface area contributed by atoms with Crippen LogP contribution in [0.4, 0.5) is 5.69 Å². The smallest absolute Gasteiger partial charge is 0.255 e. The summed E-state index contributed by atoms with van der Waals surface area (Å²) in [6.45, 7) is 3.93. The van der Waals surface area contributed by atoms with E-state index in [2.05, 4.69) is 20.6 Å². The maximum absolute atomic E-state index is 12.4. The summed E-state index contributed by atoms with van der Waals surface area (Å²) in [6.07, 6.45) is 1.67. The van der Waals surface area contributed by atoms with Gasteiger partial charge < -0.3 is 10.1 Å². The summed E-state index contributed by atoms with van der Waals surface area (Å²) in [6, 6.07) is 14.6. The molecule has 0 fully saturated rings. The summed E-state index contributed by atoms with van der Waals surface area (Å²) in [5.74, 6) is 0.577. The van der Waals surface area contributed by atoms with Crippen molar-refractivity contribution in [3.8, 4) is 16.3 Å². The average molecular weight is 379 g/mol. The van der Waals surface area contributed by atoms with Gasteiger partial charge in [0, 0.05) is 16.8 Å². The number of nitrogens with zero attached hydrogens (tertiary/aromatic N) is 4. The van der Waals surface area contributed by atoms with Gasteiger partial charge in [-0.3, -0.25) is 4.79 Å². The van der Waals surface area contributed by atoms with E-state index in [1.807, 2.05) is 38.1 Å². The molecule has 0 bridgehead atoms. The quantitative estimate of drug-likeness (QED) is 0.569. The second kappa shape index (κ2) is 7.16. The lowest BCUT2D eigenvalue weighted by Crippen LogP contribution is -2.12. The third-order valence-electron chi connectivity index (χ3n) is 3.76. The second-order valence-corrected chi connectivity index (χ2v) is 7.14. The Bertz CT molecular complexity index is 1040. The van der Waals surface area contributed by atoms with Crippen molar-refractivity contribution in [2.45, 2.75) is 20.0 Å². The van der Waals surface area contributed by atoms with Gasteiger partial charge in [0.1, 0.15) is 17.1 Å². The van der Waals surface area contributed by atoms with E-state index in [4.69, 9.17) is 4.74 Å². The highest BCUT2D eigenvalue weighted by atomic mass is 32.1. The van der Waals surface area contributed by atoms with Crippen LogP contribution >= 0.6 is 11.3 Å². The molecule has 7 nitrogen and oxygen atoms in total. The number of carbonyl (C=O) groups is 1. The molecule has 0 unspecified atom stereocenters. The number of nitrogens with one attached hydrogen (secondary N) is 1. The maximum Gasteiger partial charge on any atom is 0.255 e. The summed E-state index contributed by atoms with van der Waals surface area (Å²) >= 11 is 1.46. The van der Waals surface area contributed by atoms with Crippen LogP contribution in [0.15, 0.2) is 54.9 Å². The number of benzene rings is 2. The molecule has 0 saturated carbocycles. The molecule has 136 valence electrons. The van der Waals surface area contributed by atoms with Gasteiger partial charge in [0.15, 0.2) is 0 Å². The number of anilines is 1. The predicted molar refractivity (Wildman–Crippen MR) is 104 cm³/mol. The molecule has 2 aromatic carbocycles. The Morgan fingerprint density at radius 3 is 2.52 bits per heavy atom. The third-order valence-corrected chi connectivity index (χ3v) is 4.73. The first-order valence-corrected chi connectivity index (χ1v) is 9.25. The molecule has 2 heterocycles. The Labute approximate surface area is 159 Å². The summed E-state index contributed by atoms with van der Waals surface area (Å²) in [5.41, 5.74) is 2.25. The number of hydrogen-bond donors (Lipinski definition) is 1. The molecule has 27 heavy (non-hydrogen) atoms. The molecule has 0 radical (unpaired) electrons. The van der Waals surface area contributed by atoms with E-state index < -0.39 is 0 Å². The zero-order valence-corrected chi connectivity index (χ0v) is 15.6. The van der Waals surface area contributed by atoms with Gasteiger partial charge in [-0.1, -0.05) is 11.3 Å². The molecule has 8 heteroatoms. The standard InChI is InChI=1S/C19H17N5O2S/c1-12(2)26-16-9-5-13(6-10-16)17(25)21-15-7-3-14(4-8-15)18-23-24-11-20-22-19(24)27-18/h3-12H,1-2H3,(H,21,25). The molecular weight excluding hydrogens is 362 g/mol. The van der Waals surface area contributed by atoms with E-state index in [9.17, 15) is 4.79 Å². The van der Waals surface area contributed by atoms with Gasteiger partial charge in [-0.25, -0.2) is 0 Å². The van der Waals surface area contributed by atoms with Crippen LogP contribution in [-0.4, -0.2) is 31.8 Å². The van der Waals surface area contributed by atoms with Crippen molar-refractivity contribution in [3.63, 3.8) is 0 Å². The normalized spacial score (nSPS) is 11.1. The van der Waals surface area contributed by atoms with Gasteiger partial charge >= 0.3 is 0 Å². The fourth-order valence-corrected chi connectivity index (χ4v) is 3.36. The number of ether oxygens (including phenoxy) is 1. The van der Waals surface area contributed by atoms with Crippen molar-refractivity contribution in [2.75, 3.05) is 5.32 Å². The number of fused-ring (bicyclic) bond motifs is 1. The van der Waals surface area contributed by atoms with Crippen LogP contribution in [-0.2, 0) is 0 Å². The Hall–Kier alpha value is -3.26. The molecule has 0 atom stereocenters. The van der Waals surface area contributed by atoms with Crippen molar-refractivity contribution < 1.29 is 9.53 Å². The highest BCUT2D eigenvalue weighted by Crippen LogP contribution is 2.26. The SMILES string of the molecule is CC(C)Oc1ccc(C(=O)Nc2ccc(-c3nn4cnnc4s3)cc2)cc1. The molecule has 4 rings (SSSR count). The maximum atomic E-state index is 12.4. The largest absolute Gasteiger partial charge is 0.491 e. The molecule has 0 spiro atoms. The lowest BCUT2D eigenvalue weighted by molar-refractivity contribution is 0.102. The lowest BCUT2D eigenvalue weighted by atomic mass is 10.2. The Morgan fingerprint density at radius 2 is 1.85 bits per heavy atom. The first kappa shape index (κ1) is 17.2. The van der Waals surface area contributed by atoms with Crippen LogP contribution in [0.3, 0.4) is 0 Å². The Morgan fingerprint density at radius 1 is 1.11 bits per heavy atom. The van der Waals surface area contributed by atoms with Crippen molar-refractivity contribution in [1.82, 2.24) is 19.8 Å². The topological polar surface area (TPSA) is 81.4 Å². The van der Waals surface area contributed by atoms with Crippen LogP contribution in [0.5, 0.6) is 5.75 Å². The summed E-state index contributed by atoms with van der Waals surface area (Å²) in [4.78, 5) is 13.1. The van der Waals surface area contributed by atoms with Crippen LogP contribution < -0.4 is 10.1 Å². The number of carbonyl (C=O) groups excluding carboxylic acids is 1. The zero-order valence-electron chi connectivity index (χ0n) is 14.8. The van der Waals surface area contributed by atoms with Crippen molar-refractivity contribution in [1.29, 1.82) is 0 Å². The Balaban J connectivity index is 1.44. The number of hydrogen-bond acceptors (Lipinski definition) is 6. The predicted octanol–water partition coefficient (Wildman–Crippen LogP) is 3.89. The average Bonchev–Trinajstić information content (AvgIpc) is 3.24. The Kier molecular flexibility index (Phi) is 4.55. The minimum atomic E-state index is -0.169. The summed E-state index contributed by atoms with van der Waals surface area (Å²) in [5, 5.41) is 15.9. The minimum absolute atomic E-state index is 0.0987. The first-order chi connectivity index (χ1) is 13.1. The van der Waals surface area contributed by atoms with Gasteiger partial charge in [-0.15, -0.1) is 10.2 Å². The van der Waals surface area contributed by atoms with Gasteiger partial charge in [0.2, 0.25) is 4.96 Å². The number of rotatable bonds is 5. The van der Waals surface area contributed by atoms with Gasteiger partial charge in [0.25, 0.3) is 5.91 Å². The highest BCUT2D eigenvalue weighted by molar-refractivity contribution is 7.19. The highest BCUT2D eigenvalue weighted by Gasteiger charge is 2.10. The lowest BCUT2D eigenvalue weighted by Gasteiger charge is -2.10. The fraction of sp³-hybridized carbons (Fsp3) is 0.158. The van der Waals surface area contributed by atoms with E-state index >= 15 is 0 Å². The fourth-order valence-electron chi connectivity index (χ4n) is 2.53. The summed E-state index contributed by atoms with van der Waals surface area (Å²) < 4.78 is 7.23. The van der Waals surface area contributed by atoms with E-state index in [-0.39, 0.29) is 12.0 Å². The minimum Gasteiger partial charge on any atom is -0.491 e. The third kappa shape index (κ3) is 3.80. The monoisotopic (exact) mass is 379 g/mol. The van der Waals surface area contributed by atoms with E-state index in [0.29, 0.717) is 11.3 Å². The van der Waals surface area contributed by atoms with Crippen molar-refractivity contribution >= 4 is 27.9 Å². The number of amides is 1. The van der Waals surface area contributed by atoms with Gasteiger partial charge in [-0.05, 0) is 62.4 Å². The molecule has 0 aliphatic rings. The molecular formula is C19H17N5O2S. The van der Waals surface area contributed by atoms with Crippen LogP contribution in [0, 0.1) is 0 Å². The van der Waals surface area contributed by atoms with Gasteiger partial charge in [0.05, 0.1) is 6.10 Å². The first-order valence-electron chi connectivity index (χ1n) is 8.44. The van der Waals surface area contributed by atoms with E-state index in [0.717, 1.165) is 21.3 Å². The van der Waals surface area contributed by atoms with Crippen molar-refractivity contribution in [3.05, 3.63) is 60.4 Å². The van der Waals surface area contributed by atoms with Crippen molar-refractivity contribution in [2.24, 2.45) is 0 Å². The molecule has 0 aliphatic heterocycles. The molecule has 1 N–H and O–H groups in total. The number of aromatic nitrogens is 4. The molecule has 1 amide bonds. The van der Waals surface area contributed by atoms with Crippen LogP contribution in [0.2, 0.25) is 0 Å². The molecule has 0 aliphatic carbocycles. The molecule has 4 aromatic rings. The molecule has 0 saturated heterocycles. The van der Waals surface area contributed by atoms with Crippen LogP contribution in [0.25, 0.3) is 15.5 Å². The zero-order chi connectivity index (χ0) is 18.8.